The Hall–Kier alpha value is -6.00. The molecule has 17 heteroatoms. The van der Waals surface area contributed by atoms with Gasteiger partial charge < -0.3 is 48.3 Å². The fraction of sp³-hybridized carbons (Fsp3) is 0.444. The normalized spacial score (nSPS) is 16.2. The number of piperidine rings is 1. The van der Waals surface area contributed by atoms with E-state index in [1.165, 1.54) is 0 Å². The lowest BCUT2D eigenvalue weighted by Gasteiger charge is -2.36. The third-order valence-corrected chi connectivity index (χ3v) is 8.79. The molecule has 0 saturated carbocycles. The van der Waals surface area contributed by atoms with E-state index in [4.69, 9.17) is 11.5 Å². The van der Waals surface area contributed by atoms with Crippen molar-refractivity contribution in [2.45, 2.75) is 76.5 Å². The molecule has 1 fully saturated rings. The highest BCUT2D eigenvalue weighted by molar-refractivity contribution is 5.98. The Morgan fingerprint density at radius 3 is 2.21 bits per heavy atom. The minimum absolute atomic E-state index is 0.0752. The van der Waals surface area contributed by atoms with Crippen LogP contribution in [0.25, 0.3) is 0 Å². The maximum Gasteiger partial charge on any atom is 0.312 e. The molecule has 2 aromatic carbocycles. The van der Waals surface area contributed by atoms with Gasteiger partial charge in [0.15, 0.2) is 0 Å². The second-order valence-corrected chi connectivity index (χ2v) is 12.8. The Morgan fingerprint density at radius 1 is 0.849 bits per heavy atom. The lowest BCUT2D eigenvalue weighted by molar-refractivity contribution is -0.139. The minimum atomic E-state index is -1.04. The Morgan fingerprint density at radius 2 is 1.57 bits per heavy atom. The van der Waals surface area contributed by atoms with Crippen molar-refractivity contribution in [2.24, 2.45) is 17.4 Å². The molecule has 0 spiro atoms. The van der Waals surface area contributed by atoms with E-state index in [2.05, 4.69) is 31.9 Å². The van der Waals surface area contributed by atoms with E-state index in [1.54, 1.807) is 29.2 Å². The van der Waals surface area contributed by atoms with Gasteiger partial charge in [-0.15, -0.1) is 0 Å². The monoisotopic (exact) mass is 735 g/mol. The van der Waals surface area contributed by atoms with Crippen LogP contribution < -0.4 is 43.4 Å². The maximum absolute atomic E-state index is 13.2. The largest absolute Gasteiger partial charge is 0.369 e. The summed E-state index contributed by atoms with van der Waals surface area (Å²) in [5, 5.41) is 15.6. The second kappa shape index (κ2) is 21.4. The standard InChI is InChI=1S/C36H49N9O8/c1-23-18-26(33(37)50)15-17-45(23)32(49)14-13-30(47)40-21-31(48)44-28(8-5-16-39-36(38)53)35(52)43-27-11-9-25(10-12-27)20-41-34(51)29(42-22-46)19-24-6-3-2-4-7-24/h2-4,6-7,9-12,22-23,26,28-29H,5,8,13-21H2,1H3,(H2,37,50)(H,40,47)(H,41,51)(H,42,46)(H,43,52)(H,44,48)(H3,38,39,53). The number of carbonyl (C=O) groups is 8. The van der Waals surface area contributed by atoms with E-state index < -0.39 is 48.3 Å². The number of nitrogens with zero attached hydrogens (tertiary/aromatic N) is 1. The zero-order valence-corrected chi connectivity index (χ0v) is 29.7. The molecule has 17 nitrogen and oxygen atoms in total. The van der Waals surface area contributed by atoms with Crippen molar-refractivity contribution in [2.75, 3.05) is 25.0 Å². The van der Waals surface area contributed by atoms with Crippen LogP contribution in [0, 0.1) is 5.92 Å². The lowest BCUT2D eigenvalue weighted by Crippen LogP contribution is -2.48. The first-order valence-electron chi connectivity index (χ1n) is 17.5. The fourth-order valence-electron chi connectivity index (χ4n) is 5.87. The maximum atomic E-state index is 13.2. The highest BCUT2D eigenvalue weighted by Crippen LogP contribution is 2.23. The van der Waals surface area contributed by atoms with E-state index in [0.29, 0.717) is 44.3 Å². The number of urea groups is 1. The van der Waals surface area contributed by atoms with Crippen molar-refractivity contribution in [3.8, 4) is 0 Å². The van der Waals surface area contributed by atoms with Crippen LogP contribution in [0.4, 0.5) is 10.5 Å². The number of nitrogens with one attached hydrogen (secondary N) is 6. The third kappa shape index (κ3) is 14.6. The predicted molar refractivity (Wildman–Crippen MR) is 194 cm³/mol. The van der Waals surface area contributed by atoms with Gasteiger partial charge in [-0.2, -0.15) is 0 Å². The van der Waals surface area contributed by atoms with Crippen LogP contribution in [-0.4, -0.2) is 90.5 Å². The summed E-state index contributed by atoms with van der Waals surface area (Å²) in [5.74, 6) is -2.99. The summed E-state index contributed by atoms with van der Waals surface area (Å²) < 4.78 is 0. The van der Waals surface area contributed by atoms with Crippen LogP contribution in [0.5, 0.6) is 0 Å². The third-order valence-electron chi connectivity index (χ3n) is 8.79. The van der Waals surface area contributed by atoms with Crippen molar-refractivity contribution in [1.82, 2.24) is 31.5 Å². The van der Waals surface area contributed by atoms with Crippen molar-refractivity contribution >= 4 is 53.6 Å². The molecule has 4 unspecified atom stereocenters. The summed E-state index contributed by atoms with van der Waals surface area (Å²) in [6, 6.07) is 13.2. The molecule has 1 heterocycles. The van der Waals surface area contributed by atoms with E-state index in [0.717, 1.165) is 11.1 Å². The number of hydrogen-bond acceptors (Lipinski definition) is 8. The van der Waals surface area contributed by atoms with Gasteiger partial charge in [0.05, 0.1) is 6.54 Å². The van der Waals surface area contributed by atoms with Gasteiger partial charge in [0.2, 0.25) is 41.9 Å². The van der Waals surface area contributed by atoms with Crippen molar-refractivity contribution in [3.63, 3.8) is 0 Å². The lowest BCUT2D eigenvalue weighted by atomic mass is 9.91. The smallest absolute Gasteiger partial charge is 0.312 e. The number of likely N-dealkylation sites (tertiary alicyclic amines) is 1. The quantitative estimate of drug-likeness (QED) is 0.0650. The van der Waals surface area contributed by atoms with Crippen LogP contribution in [0.1, 0.15) is 56.6 Å². The topological polar surface area (TPSA) is 264 Å². The number of anilines is 1. The predicted octanol–water partition coefficient (Wildman–Crippen LogP) is -0.459. The van der Waals surface area contributed by atoms with E-state index in [1.807, 2.05) is 37.3 Å². The SMILES string of the molecule is CC1CC(C(N)=O)CCN1C(=O)CCC(=O)NCC(=O)NC(CCCNC(N)=O)C(=O)Nc1ccc(CNC(=O)C(Cc2ccccc2)NC=O)cc1. The average molecular weight is 736 g/mol. The van der Waals surface area contributed by atoms with Gasteiger partial charge in [0.1, 0.15) is 12.1 Å². The van der Waals surface area contributed by atoms with Crippen LogP contribution in [-0.2, 0) is 46.5 Å². The van der Waals surface area contributed by atoms with E-state index >= 15 is 0 Å². The first-order valence-corrected chi connectivity index (χ1v) is 17.5. The molecule has 0 aliphatic carbocycles. The van der Waals surface area contributed by atoms with Gasteiger partial charge in [-0.25, -0.2) is 4.79 Å². The van der Waals surface area contributed by atoms with Crippen molar-refractivity contribution in [3.05, 3.63) is 65.7 Å². The molecule has 1 aliphatic heterocycles. The van der Waals surface area contributed by atoms with Gasteiger partial charge in [-0.3, -0.25) is 33.6 Å². The molecule has 4 atom stereocenters. The van der Waals surface area contributed by atoms with Crippen molar-refractivity contribution < 1.29 is 38.4 Å². The Kier molecular flexibility index (Phi) is 16.7. The molecule has 2 aromatic rings. The minimum Gasteiger partial charge on any atom is -0.369 e. The first-order chi connectivity index (χ1) is 25.4. The van der Waals surface area contributed by atoms with Gasteiger partial charge >= 0.3 is 6.03 Å². The zero-order valence-electron chi connectivity index (χ0n) is 29.7. The molecule has 1 aliphatic rings. The Bertz CT molecular complexity index is 1590. The fourth-order valence-corrected chi connectivity index (χ4v) is 5.87. The number of nitrogens with two attached hydrogens (primary N) is 2. The summed E-state index contributed by atoms with van der Waals surface area (Å²) >= 11 is 0. The number of primary amides is 2. The average Bonchev–Trinajstić information content (AvgIpc) is 3.13. The summed E-state index contributed by atoms with van der Waals surface area (Å²) in [4.78, 5) is 99.2. The van der Waals surface area contributed by atoms with Crippen LogP contribution in [0.3, 0.4) is 0 Å². The number of rotatable bonds is 20. The molecule has 0 radical (unpaired) electrons. The highest BCUT2D eigenvalue weighted by atomic mass is 16.2. The van der Waals surface area contributed by atoms with E-state index in [9.17, 15) is 38.4 Å². The first kappa shape index (κ1) is 41.4. The van der Waals surface area contributed by atoms with Gasteiger partial charge in [-0.05, 0) is 55.9 Å². The molecule has 10 N–H and O–H groups in total. The van der Waals surface area contributed by atoms with E-state index in [-0.39, 0.29) is 56.1 Å². The molecule has 1 saturated heterocycles. The summed E-state index contributed by atoms with van der Waals surface area (Å²) in [6.07, 6.45) is 1.94. The second-order valence-electron chi connectivity index (χ2n) is 12.8. The van der Waals surface area contributed by atoms with Gasteiger partial charge in [-0.1, -0.05) is 42.5 Å². The molecule has 53 heavy (non-hydrogen) atoms. The van der Waals surface area contributed by atoms with Crippen molar-refractivity contribution in [1.29, 1.82) is 0 Å². The number of carbonyl (C=O) groups excluding carboxylic acids is 8. The number of hydrogen-bond donors (Lipinski definition) is 8. The van der Waals surface area contributed by atoms with Crippen LogP contribution in [0.15, 0.2) is 54.6 Å². The molecule has 0 bridgehead atoms. The van der Waals surface area contributed by atoms with Gasteiger partial charge in [0, 0.05) is 56.5 Å². The summed E-state index contributed by atoms with van der Waals surface area (Å²) in [5.41, 5.74) is 12.5. The molecule has 286 valence electrons. The molecular weight excluding hydrogens is 686 g/mol. The van der Waals surface area contributed by atoms with Gasteiger partial charge in [0.25, 0.3) is 0 Å². The summed E-state index contributed by atoms with van der Waals surface area (Å²) in [7, 11) is 0. The molecular formula is C36H49N9O8. The number of amides is 9. The zero-order chi connectivity index (χ0) is 38.8. The Balaban J connectivity index is 1.48. The number of benzene rings is 2. The molecule has 9 amide bonds. The molecule has 3 rings (SSSR count). The summed E-state index contributed by atoms with van der Waals surface area (Å²) in [6.45, 7) is 2.08. The Labute approximate surface area is 307 Å². The molecule has 0 aromatic heterocycles. The highest BCUT2D eigenvalue weighted by Gasteiger charge is 2.31. The van der Waals surface area contributed by atoms with Crippen LogP contribution in [0.2, 0.25) is 0 Å². The van der Waals surface area contributed by atoms with Crippen LogP contribution >= 0.6 is 0 Å².